The van der Waals surface area contributed by atoms with Gasteiger partial charge in [0.2, 0.25) is 0 Å². The van der Waals surface area contributed by atoms with E-state index in [0.29, 0.717) is 5.92 Å². The van der Waals surface area contributed by atoms with Gasteiger partial charge in [0.15, 0.2) is 0 Å². The Kier molecular flexibility index (Phi) is 4.43. The van der Waals surface area contributed by atoms with Crippen molar-refractivity contribution < 1.29 is 14.3 Å². The van der Waals surface area contributed by atoms with Crippen molar-refractivity contribution in [2.75, 3.05) is 27.3 Å². The molecule has 1 aromatic carbocycles. The highest BCUT2D eigenvalue weighted by molar-refractivity contribution is 5.73. The van der Waals surface area contributed by atoms with Gasteiger partial charge in [0, 0.05) is 25.2 Å². The van der Waals surface area contributed by atoms with Gasteiger partial charge in [-0.25, -0.2) is 0 Å². The first-order chi connectivity index (χ1) is 9.15. The number of likely N-dealkylation sites (tertiary alicyclic amines) is 1. The van der Waals surface area contributed by atoms with E-state index in [2.05, 4.69) is 17.9 Å². The monoisotopic (exact) mass is 263 g/mol. The molecule has 4 nitrogen and oxygen atoms in total. The fourth-order valence-electron chi connectivity index (χ4n) is 2.73. The smallest absolute Gasteiger partial charge is 0.310 e. The van der Waals surface area contributed by atoms with Crippen LogP contribution in [0, 0.1) is 11.8 Å². The Bertz CT molecular complexity index is 447. The topological polar surface area (TPSA) is 38.8 Å². The number of para-hydroxylation sites is 1. The Labute approximate surface area is 114 Å². The summed E-state index contributed by atoms with van der Waals surface area (Å²) in [6.45, 7) is 4.58. The summed E-state index contributed by atoms with van der Waals surface area (Å²) in [6.07, 6.45) is 0. The lowest BCUT2D eigenvalue weighted by molar-refractivity contribution is -0.146. The van der Waals surface area contributed by atoms with Crippen LogP contribution >= 0.6 is 0 Å². The van der Waals surface area contributed by atoms with Crippen molar-refractivity contribution in [2.45, 2.75) is 13.5 Å². The standard InChI is InChI=1S/C15H21NO3/c1-11-8-16(10-13(11)15(17)19-3)9-12-6-4-5-7-14(12)18-2/h4-7,11,13H,8-10H2,1-3H3. The predicted octanol–water partition coefficient (Wildman–Crippen LogP) is 1.94. The van der Waals surface area contributed by atoms with Gasteiger partial charge in [-0.05, 0) is 12.0 Å². The summed E-state index contributed by atoms with van der Waals surface area (Å²) in [4.78, 5) is 14.0. The zero-order valence-corrected chi connectivity index (χ0v) is 11.8. The molecule has 0 bridgehead atoms. The number of rotatable bonds is 4. The second-order valence-electron chi connectivity index (χ2n) is 5.11. The van der Waals surface area contributed by atoms with E-state index in [-0.39, 0.29) is 11.9 Å². The molecule has 2 unspecified atom stereocenters. The van der Waals surface area contributed by atoms with Gasteiger partial charge in [-0.2, -0.15) is 0 Å². The van der Waals surface area contributed by atoms with Gasteiger partial charge >= 0.3 is 5.97 Å². The van der Waals surface area contributed by atoms with Crippen LogP contribution in [0.25, 0.3) is 0 Å². The molecular weight excluding hydrogens is 242 g/mol. The van der Waals surface area contributed by atoms with Crippen LogP contribution in [0.1, 0.15) is 12.5 Å². The number of methoxy groups -OCH3 is 2. The van der Waals surface area contributed by atoms with Crippen LogP contribution in [0.2, 0.25) is 0 Å². The molecule has 0 aromatic heterocycles. The maximum atomic E-state index is 11.7. The molecule has 1 aromatic rings. The summed E-state index contributed by atoms with van der Waals surface area (Å²) in [5, 5.41) is 0. The highest BCUT2D eigenvalue weighted by atomic mass is 16.5. The Morgan fingerprint density at radius 1 is 1.32 bits per heavy atom. The Morgan fingerprint density at radius 2 is 2.05 bits per heavy atom. The third-order valence-electron chi connectivity index (χ3n) is 3.78. The average molecular weight is 263 g/mol. The zero-order chi connectivity index (χ0) is 13.8. The summed E-state index contributed by atoms with van der Waals surface area (Å²) in [5.41, 5.74) is 1.16. The first kappa shape index (κ1) is 13.9. The van der Waals surface area contributed by atoms with Gasteiger partial charge in [-0.15, -0.1) is 0 Å². The Balaban J connectivity index is 2.03. The quantitative estimate of drug-likeness (QED) is 0.778. The molecule has 0 N–H and O–H groups in total. The van der Waals surface area contributed by atoms with Crippen molar-refractivity contribution in [1.82, 2.24) is 4.90 Å². The number of benzene rings is 1. The molecule has 0 aliphatic carbocycles. The van der Waals surface area contributed by atoms with Crippen molar-refractivity contribution in [3.8, 4) is 5.75 Å². The van der Waals surface area contributed by atoms with E-state index in [1.165, 1.54) is 7.11 Å². The molecule has 0 saturated carbocycles. The molecule has 4 heteroatoms. The summed E-state index contributed by atoms with van der Waals surface area (Å²) in [6, 6.07) is 8.00. The SMILES string of the molecule is COC(=O)C1CN(Cc2ccccc2OC)CC1C. The number of hydrogen-bond acceptors (Lipinski definition) is 4. The third kappa shape index (κ3) is 3.07. The summed E-state index contributed by atoms with van der Waals surface area (Å²) in [5.74, 6) is 1.12. The molecule has 19 heavy (non-hydrogen) atoms. The van der Waals surface area contributed by atoms with E-state index in [4.69, 9.17) is 9.47 Å². The van der Waals surface area contributed by atoms with E-state index in [1.54, 1.807) is 7.11 Å². The van der Waals surface area contributed by atoms with E-state index in [1.807, 2.05) is 18.2 Å². The predicted molar refractivity (Wildman–Crippen MR) is 72.9 cm³/mol. The summed E-state index contributed by atoms with van der Waals surface area (Å²) < 4.78 is 10.2. The van der Waals surface area contributed by atoms with Crippen molar-refractivity contribution in [3.05, 3.63) is 29.8 Å². The highest BCUT2D eigenvalue weighted by Gasteiger charge is 2.35. The number of carbonyl (C=O) groups is 1. The number of carbonyl (C=O) groups excluding carboxylic acids is 1. The van der Waals surface area contributed by atoms with Crippen molar-refractivity contribution in [3.63, 3.8) is 0 Å². The fraction of sp³-hybridized carbons (Fsp3) is 0.533. The van der Waals surface area contributed by atoms with Crippen LogP contribution < -0.4 is 4.74 Å². The second-order valence-corrected chi connectivity index (χ2v) is 5.11. The Hall–Kier alpha value is -1.55. The number of nitrogens with zero attached hydrogens (tertiary/aromatic N) is 1. The molecule has 2 rings (SSSR count). The molecular formula is C15H21NO3. The minimum Gasteiger partial charge on any atom is -0.496 e. The first-order valence-electron chi connectivity index (χ1n) is 6.57. The Morgan fingerprint density at radius 3 is 2.74 bits per heavy atom. The van der Waals surface area contributed by atoms with Crippen molar-refractivity contribution in [1.29, 1.82) is 0 Å². The van der Waals surface area contributed by atoms with E-state index < -0.39 is 0 Å². The van der Waals surface area contributed by atoms with Crippen molar-refractivity contribution in [2.24, 2.45) is 11.8 Å². The van der Waals surface area contributed by atoms with Crippen LogP contribution in [0.3, 0.4) is 0 Å². The maximum absolute atomic E-state index is 11.7. The molecule has 1 heterocycles. The lowest BCUT2D eigenvalue weighted by Crippen LogP contribution is -2.24. The minimum atomic E-state index is -0.102. The van der Waals surface area contributed by atoms with Crippen LogP contribution in [0.5, 0.6) is 5.75 Å². The summed E-state index contributed by atoms with van der Waals surface area (Å²) >= 11 is 0. The zero-order valence-electron chi connectivity index (χ0n) is 11.8. The van der Waals surface area contributed by atoms with Gasteiger partial charge in [0.1, 0.15) is 5.75 Å². The highest BCUT2D eigenvalue weighted by Crippen LogP contribution is 2.27. The van der Waals surface area contributed by atoms with Gasteiger partial charge in [0.25, 0.3) is 0 Å². The lowest BCUT2D eigenvalue weighted by Gasteiger charge is -2.17. The van der Waals surface area contributed by atoms with E-state index in [9.17, 15) is 4.79 Å². The van der Waals surface area contributed by atoms with Gasteiger partial charge in [-0.1, -0.05) is 25.1 Å². The van der Waals surface area contributed by atoms with Gasteiger partial charge in [-0.3, -0.25) is 9.69 Å². The second kappa shape index (κ2) is 6.06. The van der Waals surface area contributed by atoms with E-state index in [0.717, 1.165) is 30.9 Å². The van der Waals surface area contributed by atoms with Crippen LogP contribution in [0.15, 0.2) is 24.3 Å². The molecule has 0 radical (unpaired) electrons. The fourth-order valence-corrected chi connectivity index (χ4v) is 2.73. The molecule has 0 spiro atoms. The molecule has 0 amide bonds. The molecule has 1 aliphatic heterocycles. The molecule has 1 aliphatic rings. The van der Waals surface area contributed by atoms with Gasteiger partial charge < -0.3 is 9.47 Å². The molecule has 1 fully saturated rings. The number of esters is 1. The minimum absolute atomic E-state index is 0.0142. The third-order valence-corrected chi connectivity index (χ3v) is 3.78. The number of ether oxygens (including phenoxy) is 2. The van der Waals surface area contributed by atoms with E-state index >= 15 is 0 Å². The van der Waals surface area contributed by atoms with Crippen LogP contribution in [-0.2, 0) is 16.1 Å². The number of hydrogen-bond donors (Lipinski definition) is 0. The molecule has 1 saturated heterocycles. The summed E-state index contributed by atoms with van der Waals surface area (Å²) in [7, 11) is 3.14. The average Bonchev–Trinajstić information content (AvgIpc) is 2.79. The maximum Gasteiger partial charge on any atom is 0.310 e. The van der Waals surface area contributed by atoms with Crippen LogP contribution in [0.4, 0.5) is 0 Å². The molecule has 104 valence electrons. The van der Waals surface area contributed by atoms with Gasteiger partial charge in [0.05, 0.1) is 20.1 Å². The van der Waals surface area contributed by atoms with Crippen LogP contribution in [-0.4, -0.2) is 38.2 Å². The molecule has 2 atom stereocenters. The largest absolute Gasteiger partial charge is 0.496 e. The van der Waals surface area contributed by atoms with Crippen molar-refractivity contribution >= 4 is 5.97 Å². The first-order valence-corrected chi connectivity index (χ1v) is 6.57. The lowest BCUT2D eigenvalue weighted by atomic mass is 9.99. The normalized spacial score (nSPS) is 23.3.